The van der Waals surface area contributed by atoms with E-state index in [0.29, 0.717) is 17.2 Å². The number of rotatable bonds is 2. The van der Waals surface area contributed by atoms with Gasteiger partial charge >= 0.3 is 5.97 Å². The standard InChI is InChI=1S/C14H19NO2/c1-9-2-4-10(5-3-9)12-7-6-11(15)8-13(12)14(16)17/h6-10H,2-5,15H2,1H3,(H,16,17). The maximum Gasteiger partial charge on any atom is 0.336 e. The number of aromatic carboxylic acids is 1. The lowest BCUT2D eigenvalue weighted by Gasteiger charge is -2.27. The van der Waals surface area contributed by atoms with Gasteiger partial charge in [-0.25, -0.2) is 4.79 Å². The van der Waals surface area contributed by atoms with Crippen LogP contribution in [0.15, 0.2) is 18.2 Å². The summed E-state index contributed by atoms with van der Waals surface area (Å²) in [6, 6.07) is 5.27. The number of anilines is 1. The fraction of sp³-hybridized carbons (Fsp3) is 0.500. The third-order valence-electron chi connectivity index (χ3n) is 3.76. The van der Waals surface area contributed by atoms with Crippen molar-refractivity contribution >= 4 is 11.7 Å². The van der Waals surface area contributed by atoms with Crippen LogP contribution < -0.4 is 5.73 Å². The average molecular weight is 233 g/mol. The highest BCUT2D eigenvalue weighted by molar-refractivity contribution is 5.90. The second-order valence-corrected chi connectivity index (χ2v) is 5.11. The van der Waals surface area contributed by atoms with E-state index in [1.807, 2.05) is 6.07 Å². The first-order valence-electron chi connectivity index (χ1n) is 6.20. The van der Waals surface area contributed by atoms with Gasteiger partial charge < -0.3 is 10.8 Å². The van der Waals surface area contributed by atoms with E-state index in [1.54, 1.807) is 12.1 Å². The zero-order valence-corrected chi connectivity index (χ0v) is 10.1. The Morgan fingerprint density at radius 2 is 1.94 bits per heavy atom. The second-order valence-electron chi connectivity index (χ2n) is 5.11. The lowest BCUT2D eigenvalue weighted by atomic mass is 9.78. The van der Waals surface area contributed by atoms with Crippen molar-refractivity contribution in [1.82, 2.24) is 0 Å². The van der Waals surface area contributed by atoms with E-state index in [-0.39, 0.29) is 0 Å². The normalized spacial score (nSPS) is 24.5. The predicted octanol–water partition coefficient (Wildman–Crippen LogP) is 3.26. The summed E-state index contributed by atoms with van der Waals surface area (Å²) in [4.78, 5) is 11.2. The van der Waals surface area contributed by atoms with E-state index in [0.717, 1.165) is 24.3 Å². The summed E-state index contributed by atoms with van der Waals surface area (Å²) < 4.78 is 0. The van der Waals surface area contributed by atoms with Crippen molar-refractivity contribution in [3.63, 3.8) is 0 Å². The smallest absolute Gasteiger partial charge is 0.336 e. The van der Waals surface area contributed by atoms with Gasteiger partial charge in [-0.05, 0) is 42.4 Å². The zero-order valence-electron chi connectivity index (χ0n) is 10.1. The van der Waals surface area contributed by atoms with Gasteiger partial charge in [-0.3, -0.25) is 0 Å². The van der Waals surface area contributed by atoms with Gasteiger partial charge in [0.1, 0.15) is 0 Å². The molecule has 3 heteroatoms. The third kappa shape index (κ3) is 2.60. The van der Waals surface area contributed by atoms with Crippen molar-refractivity contribution in [3.8, 4) is 0 Å². The summed E-state index contributed by atoms with van der Waals surface area (Å²) in [5.41, 5.74) is 7.51. The van der Waals surface area contributed by atoms with Crippen LogP contribution in [-0.4, -0.2) is 11.1 Å². The molecular formula is C14H19NO2. The molecule has 0 atom stereocenters. The molecule has 1 aromatic carbocycles. The first-order chi connectivity index (χ1) is 8.08. The number of nitrogen functional groups attached to an aromatic ring is 1. The highest BCUT2D eigenvalue weighted by Crippen LogP contribution is 2.37. The van der Waals surface area contributed by atoms with Crippen LogP contribution in [0.1, 0.15) is 54.4 Å². The van der Waals surface area contributed by atoms with Gasteiger partial charge in [0, 0.05) is 5.69 Å². The lowest BCUT2D eigenvalue weighted by molar-refractivity contribution is 0.0694. The minimum absolute atomic E-state index is 0.379. The Kier molecular flexibility index (Phi) is 3.36. The topological polar surface area (TPSA) is 63.3 Å². The van der Waals surface area contributed by atoms with E-state index < -0.39 is 5.97 Å². The minimum atomic E-state index is -0.870. The monoisotopic (exact) mass is 233 g/mol. The van der Waals surface area contributed by atoms with E-state index >= 15 is 0 Å². The van der Waals surface area contributed by atoms with Crippen LogP contribution in [-0.2, 0) is 0 Å². The molecule has 1 aliphatic rings. The molecule has 92 valence electrons. The molecule has 0 aromatic heterocycles. The molecule has 0 heterocycles. The summed E-state index contributed by atoms with van der Waals surface area (Å²) in [5.74, 6) is 0.289. The fourth-order valence-electron chi connectivity index (χ4n) is 2.69. The molecule has 0 saturated heterocycles. The molecule has 3 N–H and O–H groups in total. The average Bonchev–Trinajstić information content (AvgIpc) is 2.30. The Balaban J connectivity index is 2.28. The molecule has 2 rings (SSSR count). The molecule has 0 radical (unpaired) electrons. The van der Waals surface area contributed by atoms with Crippen LogP contribution in [0.25, 0.3) is 0 Å². The minimum Gasteiger partial charge on any atom is -0.478 e. The molecule has 1 aliphatic carbocycles. The van der Waals surface area contributed by atoms with Crippen LogP contribution in [0, 0.1) is 5.92 Å². The highest BCUT2D eigenvalue weighted by atomic mass is 16.4. The molecule has 1 saturated carbocycles. The number of hydrogen-bond acceptors (Lipinski definition) is 2. The summed E-state index contributed by atoms with van der Waals surface area (Å²) in [7, 11) is 0. The van der Waals surface area contributed by atoms with E-state index in [2.05, 4.69) is 6.92 Å². The predicted molar refractivity (Wildman–Crippen MR) is 68.2 cm³/mol. The van der Waals surface area contributed by atoms with Crippen LogP contribution in [0.3, 0.4) is 0 Å². The Labute approximate surface area is 102 Å². The number of hydrogen-bond donors (Lipinski definition) is 2. The SMILES string of the molecule is CC1CCC(c2ccc(N)cc2C(=O)O)CC1. The van der Waals surface area contributed by atoms with Gasteiger partial charge in [0.05, 0.1) is 5.56 Å². The van der Waals surface area contributed by atoms with Crippen molar-refractivity contribution in [3.05, 3.63) is 29.3 Å². The molecule has 0 spiro atoms. The van der Waals surface area contributed by atoms with Gasteiger partial charge in [-0.2, -0.15) is 0 Å². The summed E-state index contributed by atoms with van der Waals surface area (Å²) >= 11 is 0. The van der Waals surface area contributed by atoms with Crippen molar-refractivity contribution in [2.24, 2.45) is 5.92 Å². The molecule has 0 unspecified atom stereocenters. The maximum absolute atomic E-state index is 11.2. The molecule has 17 heavy (non-hydrogen) atoms. The first kappa shape index (κ1) is 12.0. The molecular weight excluding hydrogens is 214 g/mol. The summed E-state index contributed by atoms with van der Waals surface area (Å²) in [6.45, 7) is 2.26. The number of carbonyl (C=O) groups is 1. The number of benzene rings is 1. The highest BCUT2D eigenvalue weighted by Gasteiger charge is 2.23. The first-order valence-corrected chi connectivity index (χ1v) is 6.20. The van der Waals surface area contributed by atoms with Crippen LogP contribution >= 0.6 is 0 Å². The van der Waals surface area contributed by atoms with Gasteiger partial charge in [0.15, 0.2) is 0 Å². The van der Waals surface area contributed by atoms with Crippen LogP contribution in [0.2, 0.25) is 0 Å². The van der Waals surface area contributed by atoms with Crippen molar-refractivity contribution in [1.29, 1.82) is 0 Å². The van der Waals surface area contributed by atoms with Crippen molar-refractivity contribution in [2.45, 2.75) is 38.5 Å². The van der Waals surface area contributed by atoms with E-state index in [4.69, 9.17) is 5.73 Å². The third-order valence-corrected chi connectivity index (χ3v) is 3.76. The van der Waals surface area contributed by atoms with Crippen LogP contribution in [0.4, 0.5) is 5.69 Å². The molecule has 1 aromatic rings. The Bertz CT molecular complexity index is 420. The summed E-state index contributed by atoms with van der Waals surface area (Å²) in [5, 5.41) is 9.22. The molecule has 3 nitrogen and oxygen atoms in total. The van der Waals surface area contributed by atoms with Crippen LogP contribution in [0.5, 0.6) is 0 Å². The van der Waals surface area contributed by atoms with Gasteiger partial charge in [-0.1, -0.05) is 25.8 Å². The molecule has 0 amide bonds. The van der Waals surface area contributed by atoms with Gasteiger partial charge in [0.25, 0.3) is 0 Å². The van der Waals surface area contributed by atoms with Gasteiger partial charge in [-0.15, -0.1) is 0 Å². The molecule has 0 bridgehead atoms. The fourth-order valence-corrected chi connectivity index (χ4v) is 2.69. The Hall–Kier alpha value is -1.51. The zero-order chi connectivity index (χ0) is 12.4. The van der Waals surface area contributed by atoms with E-state index in [9.17, 15) is 9.90 Å². The van der Waals surface area contributed by atoms with Gasteiger partial charge in [0.2, 0.25) is 0 Å². The number of carboxylic acids is 1. The quantitative estimate of drug-likeness (QED) is 0.771. The van der Waals surface area contributed by atoms with Crippen molar-refractivity contribution in [2.75, 3.05) is 5.73 Å². The summed E-state index contributed by atoms with van der Waals surface area (Å²) in [6.07, 6.45) is 4.55. The number of nitrogens with two attached hydrogens (primary N) is 1. The molecule has 1 fully saturated rings. The Morgan fingerprint density at radius 1 is 1.29 bits per heavy atom. The maximum atomic E-state index is 11.2. The largest absolute Gasteiger partial charge is 0.478 e. The number of carboxylic acid groups (broad SMARTS) is 1. The van der Waals surface area contributed by atoms with Crippen molar-refractivity contribution < 1.29 is 9.90 Å². The second kappa shape index (κ2) is 4.78. The Morgan fingerprint density at radius 3 is 2.53 bits per heavy atom. The van der Waals surface area contributed by atoms with E-state index in [1.165, 1.54) is 12.8 Å². The molecule has 0 aliphatic heterocycles. The lowest BCUT2D eigenvalue weighted by Crippen LogP contribution is -2.14.